The summed E-state index contributed by atoms with van der Waals surface area (Å²) in [5, 5.41) is 4.61. The zero-order valence-corrected chi connectivity index (χ0v) is 15.2. The molecule has 0 aliphatic carbocycles. The molecule has 1 amide bonds. The van der Waals surface area contributed by atoms with E-state index in [4.69, 9.17) is 16.1 Å². The van der Waals surface area contributed by atoms with Gasteiger partial charge in [-0.2, -0.15) is 4.98 Å². The molecule has 1 aliphatic rings. The summed E-state index contributed by atoms with van der Waals surface area (Å²) >= 11 is 5.88. The van der Waals surface area contributed by atoms with Crippen molar-refractivity contribution in [2.45, 2.75) is 18.8 Å². The maximum Gasteiger partial charge on any atom is 0.253 e. The van der Waals surface area contributed by atoms with Crippen molar-refractivity contribution in [1.82, 2.24) is 15.0 Å². The van der Waals surface area contributed by atoms with Gasteiger partial charge in [0.15, 0.2) is 0 Å². The summed E-state index contributed by atoms with van der Waals surface area (Å²) in [4.78, 5) is 18.9. The molecule has 2 heterocycles. The molecular weight excluding hydrogens is 369 g/mol. The van der Waals surface area contributed by atoms with Crippen LogP contribution in [0.2, 0.25) is 5.02 Å². The number of benzene rings is 2. The molecule has 0 spiro atoms. The standard InChI is InChI=1S/C20H17ClFN3O2/c21-16-5-1-15(2-6-16)20(26)25-11-9-14(10-12-25)19-23-18(24-27-19)13-3-7-17(22)8-4-13/h1-8,14H,9-12H2. The zero-order chi connectivity index (χ0) is 18.8. The van der Waals surface area contributed by atoms with Gasteiger partial charge in [-0.05, 0) is 61.4 Å². The summed E-state index contributed by atoms with van der Waals surface area (Å²) in [6.07, 6.45) is 1.51. The predicted molar refractivity (Wildman–Crippen MR) is 99.0 cm³/mol. The van der Waals surface area contributed by atoms with Crippen LogP contribution in [0.4, 0.5) is 4.39 Å². The Morgan fingerprint density at radius 1 is 1.07 bits per heavy atom. The molecule has 7 heteroatoms. The molecule has 0 unspecified atom stereocenters. The molecule has 1 saturated heterocycles. The maximum absolute atomic E-state index is 13.0. The SMILES string of the molecule is O=C(c1ccc(Cl)cc1)N1CCC(c2nc(-c3ccc(F)cc3)no2)CC1. The van der Waals surface area contributed by atoms with Crippen LogP contribution in [0.3, 0.4) is 0 Å². The van der Waals surface area contributed by atoms with E-state index in [0.29, 0.717) is 41.0 Å². The number of rotatable bonds is 3. The second-order valence-corrected chi connectivity index (χ2v) is 6.97. The Bertz CT molecular complexity index is 933. The minimum Gasteiger partial charge on any atom is -0.339 e. The molecule has 27 heavy (non-hydrogen) atoms. The van der Waals surface area contributed by atoms with Crippen LogP contribution >= 0.6 is 11.6 Å². The Hall–Kier alpha value is -2.73. The Labute approximate surface area is 160 Å². The molecular formula is C20H17ClFN3O2. The Balaban J connectivity index is 1.40. The topological polar surface area (TPSA) is 59.2 Å². The first-order valence-electron chi connectivity index (χ1n) is 8.74. The van der Waals surface area contributed by atoms with E-state index in [1.165, 1.54) is 12.1 Å². The van der Waals surface area contributed by atoms with Gasteiger partial charge in [0.25, 0.3) is 5.91 Å². The fourth-order valence-electron chi connectivity index (χ4n) is 3.22. The van der Waals surface area contributed by atoms with Crippen LogP contribution in [0.15, 0.2) is 53.1 Å². The first-order valence-corrected chi connectivity index (χ1v) is 9.12. The van der Waals surface area contributed by atoms with E-state index in [1.54, 1.807) is 36.4 Å². The van der Waals surface area contributed by atoms with Crippen molar-refractivity contribution < 1.29 is 13.7 Å². The third kappa shape index (κ3) is 3.85. The lowest BCUT2D eigenvalue weighted by atomic mass is 9.96. The van der Waals surface area contributed by atoms with Crippen LogP contribution in [-0.4, -0.2) is 34.0 Å². The second kappa shape index (κ2) is 7.48. The average Bonchev–Trinajstić information content (AvgIpc) is 3.19. The summed E-state index contributed by atoms with van der Waals surface area (Å²) in [5.74, 6) is 0.821. The van der Waals surface area contributed by atoms with Gasteiger partial charge in [-0.15, -0.1) is 0 Å². The van der Waals surface area contributed by atoms with E-state index in [2.05, 4.69) is 10.1 Å². The first-order chi connectivity index (χ1) is 13.1. The fraction of sp³-hybridized carbons (Fsp3) is 0.250. The van der Waals surface area contributed by atoms with Crippen molar-refractivity contribution in [3.8, 4) is 11.4 Å². The predicted octanol–water partition coefficient (Wildman–Crippen LogP) is 4.55. The van der Waals surface area contributed by atoms with E-state index < -0.39 is 0 Å². The quantitative estimate of drug-likeness (QED) is 0.663. The van der Waals surface area contributed by atoms with Crippen LogP contribution in [0.1, 0.15) is 35.0 Å². The molecule has 0 saturated carbocycles. The van der Waals surface area contributed by atoms with Crippen molar-refractivity contribution in [2.24, 2.45) is 0 Å². The van der Waals surface area contributed by atoms with Gasteiger partial charge in [0.05, 0.1) is 0 Å². The van der Waals surface area contributed by atoms with E-state index in [9.17, 15) is 9.18 Å². The molecule has 3 aromatic rings. The van der Waals surface area contributed by atoms with Crippen LogP contribution in [0.25, 0.3) is 11.4 Å². The van der Waals surface area contributed by atoms with Gasteiger partial charge in [0.2, 0.25) is 11.7 Å². The third-order valence-corrected chi connectivity index (χ3v) is 5.02. The monoisotopic (exact) mass is 385 g/mol. The van der Waals surface area contributed by atoms with Crippen molar-refractivity contribution in [3.05, 3.63) is 70.8 Å². The number of amides is 1. The Morgan fingerprint density at radius 2 is 1.74 bits per heavy atom. The summed E-state index contributed by atoms with van der Waals surface area (Å²) < 4.78 is 18.4. The lowest BCUT2D eigenvalue weighted by Gasteiger charge is -2.30. The zero-order valence-electron chi connectivity index (χ0n) is 14.4. The number of piperidine rings is 1. The van der Waals surface area contributed by atoms with E-state index >= 15 is 0 Å². The smallest absolute Gasteiger partial charge is 0.253 e. The van der Waals surface area contributed by atoms with Crippen molar-refractivity contribution in [2.75, 3.05) is 13.1 Å². The highest BCUT2D eigenvalue weighted by atomic mass is 35.5. The highest BCUT2D eigenvalue weighted by Crippen LogP contribution is 2.29. The Morgan fingerprint density at radius 3 is 2.41 bits per heavy atom. The number of carbonyl (C=O) groups excluding carboxylic acids is 1. The molecule has 0 bridgehead atoms. The summed E-state index contributed by atoms with van der Waals surface area (Å²) in [6, 6.07) is 12.9. The van der Waals surface area contributed by atoms with Gasteiger partial charge in [-0.25, -0.2) is 4.39 Å². The molecule has 1 fully saturated rings. The molecule has 2 aromatic carbocycles. The first kappa shape index (κ1) is 17.7. The number of likely N-dealkylation sites (tertiary alicyclic amines) is 1. The largest absolute Gasteiger partial charge is 0.339 e. The fourth-order valence-corrected chi connectivity index (χ4v) is 3.35. The number of hydrogen-bond donors (Lipinski definition) is 0. The van der Waals surface area contributed by atoms with Crippen LogP contribution < -0.4 is 0 Å². The molecule has 5 nitrogen and oxygen atoms in total. The number of halogens is 2. The summed E-state index contributed by atoms with van der Waals surface area (Å²) in [5.41, 5.74) is 1.34. The minimum absolute atomic E-state index is 0.00245. The molecule has 0 atom stereocenters. The lowest BCUT2D eigenvalue weighted by Crippen LogP contribution is -2.37. The molecule has 1 aromatic heterocycles. The van der Waals surface area contributed by atoms with E-state index in [0.717, 1.165) is 12.8 Å². The van der Waals surface area contributed by atoms with Crippen LogP contribution in [0.5, 0.6) is 0 Å². The van der Waals surface area contributed by atoms with E-state index in [-0.39, 0.29) is 17.6 Å². The van der Waals surface area contributed by atoms with Gasteiger partial charge in [-0.3, -0.25) is 4.79 Å². The second-order valence-electron chi connectivity index (χ2n) is 6.54. The van der Waals surface area contributed by atoms with Crippen molar-refractivity contribution >= 4 is 17.5 Å². The highest BCUT2D eigenvalue weighted by molar-refractivity contribution is 6.30. The number of nitrogens with zero attached hydrogens (tertiary/aromatic N) is 3. The van der Waals surface area contributed by atoms with Crippen molar-refractivity contribution in [1.29, 1.82) is 0 Å². The van der Waals surface area contributed by atoms with Gasteiger partial charge in [-0.1, -0.05) is 16.8 Å². The molecule has 138 valence electrons. The van der Waals surface area contributed by atoms with Gasteiger partial charge < -0.3 is 9.42 Å². The third-order valence-electron chi connectivity index (χ3n) is 4.77. The van der Waals surface area contributed by atoms with Gasteiger partial charge >= 0.3 is 0 Å². The summed E-state index contributed by atoms with van der Waals surface area (Å²) in [7, 11) is 0. The van der Waals surface area contributed by atoms with Crippen LogP contribution in [-0.2, 0) is 0 Å². The number of aromatic nitrogens is 2. The maximum atomic E-state index is 13.0. The molecule has 1 aliphatic heterocycles. The average molecular weight is 386 g/mol. The van der Waals surface area contributed by atoms with Gasteiger partial charge in [0, 0.05) is 35.2 Å². The van der Waals surface area contributed by atoms with Gasteiger partial charge in [0.1, 0.15) is 5.82 Å². The molecule has 0 N–H and O–H groups in total. The number of hydrogen-bond acceptors (Lipinski definition) is 4. The number of carbonyl (C=O) groups is 1. The normalized spacial score (nSPS) is 15.1. The lowest BCUT2D eigenvalue weighted by molar-refractivity contribution is 0.0704. The molecule has 0 radical (unpaired) electrons. The minimum atomic E-state index is -0.305. The summed E-state index contributed by atoms with van der Waals surface area (Å²) in [6.45, 7) is 1.25. The molecule has 4 rings (SSSR count). The van der Waals surface area contributed by atoms with E-state index in [1.807, 2.05) is 4.90 Å². The van der Waals surface area contributed by atoms with Crippen molar-refractivity contribution in [3.63, 3.8) is 0 Å². The van der Waals surface area contributed by atoms with Crippen LogP contribution in [0, 0.1) is 5.82 Å². The Kier molecular flexibility index (Phi) is 4.90. The highest BCUT2D eigenvalue weighted by Gasteiger charge is 2.28.